The Morgan fingerprint density at radius 3 is 2.56 bits per heavy atom. The Bertz CT molecular complexity index is 390. The molecule has 18 heavy (non-hydrogen) atoms. The number of hydrogen-bond donors (Lipinski definition) is 1. The van der Waals surface area contributed by atoms with Gasteiger partial charge in [0.1, 0.15) is 13.2 Å². The average Bonchev–Trinajstić information content (AvgIpc) is 2.37. The summed E-state index contributed by atoms with van der Waals surface area (Å²) in [5.41, 5.74) is 7.36. The number of benzene rings is 1. The predicted molar refractivity (Wildman–Crippen MR) is 73.0 cm³/mol. The summed E-state index contributed by atoms with van der Waals surface area (Å²) < 4.78 is 11.1. The highest BCUT2D eigenvalue weighted by molar-refractivity contribution is 5.44. The van der Waals surface area contributed by atoms with Crippen molar-refractivity contribution in [1.29, 1.82) is 0 Å². The minimum atomic E-state index is 0.0968. The van der Waals surface area contributed by atoms with Gasteiger partial charge >= 0.3 is 0 Å². The first-order valence-electron chi connectivity index (χ1n) is 6.82. The van der Waals surface area contributed by atoms with Crippen molar-refractivity contribution in [3.05, 3.63) is 23.8 Å². The van der Waals surface area contributed by atoms with Crippen LogP contribution in [0.1, 0.15) is 44.7 Å². The molecule has 0 aromatic heterocycles. The van der Waals surface area contributed by atoms with E-state index in [1.165, 1.54) is 12.8 Å². The second-order valence-corrected chi connectivity index (χ2v) is 5.33. The van der Waals surface area contributed by atoms with Crippen LogP contribution in [-0.4, -0.2) is 13.2 Å². The molecule has 0 fully saturated rings. The lowest BCUT2D eigenvalue weighted by atomic mass is 9.98. The van der Waals surface area contributed by atoms with Gasteiger partial charge < -0.3 is 15.2 Å². The van der Waals surface area contributed by atoms with E-state index in [0.29, 0.717) is 13.2 Å². The summed E-state index contributed by atoms with van der Waals surface area (Å²) in [6.45, 7) is 5.75. The molecule has 0 aliphatic carbocycles. The maximum Gasteiger partial charge on any atom is 0.161 e. The van der Waals surface area contributed by atoms with Gasteiger partial charge in [0.15, 0.2) is 11.5 Å². The molecule has 1 aliphatic heterocycles. The quantitative estimate of drug-likeness (QED) is 0.871. The van der Waals surface area contributed by atoms with E-state index >= 15 is 0 Å². The minimum absolute atomic E-state index is 0.0968. The van der Waals surface area contributed by atoms with Gasteiger partial charge in [0, 0.05) is 6.04 Å². The zero-order valence-electron chi connectivity index (χ0n) is 11.3. The molecule has 1 unspecified atom stereocenters. The minimum Gasteiger partial charge on any atom is -0.486 e. The first-order chi connectivity index (χ1) is 8.66. The van der Waals surface area contributed by atoms with Crippen LogP contribution in [-0.2, 0) is 0 Å². The first-order valence-corrected chi connectivity index (χ1v) is 6.82. The van der Waals surface area contributed by atoms with Crippen molar-refractivity contribution in [2.45, 2.75) is 39.2 Å². The highest BCUT2D eigenvalue weighted by Crippen LogP contribution is 2.33. The lowest BCUT2D eigenvalue weighted by Gasteiger charge is -2.20. The standard InChI is InChI=1S/C15H23NO2/c1-11(2)4-3-5-13(16)12-6-7-14-15(10-12)18-9-8-17-14/h6-7,10-11,13H,3-5,8-9,16H2,1-2H3. The lowest BCUT2D eigenvalue weighted by molar-refractivity contribution is 0.171. The van der Waals surface area contributed by atoms with E-state index < -0.39 is 0 Å². The van der Waals surface area contributed by atoms with Crippen LogP contribution in [0.4, 0.5) is 0 Å². The van der Waals surface area contributed by atoms with E-state index in [1.807, 2.05) is 18.2 Å². The van der Waals surface area contributed by atoms with E-state index in [0.717, 1.165) is 29.4 Å². The Labute approximate surface area is 109 Å². The Morgan fingerprint density at radius 2 is 1.83 bits per heavy atom. The SMILES string of the molecule is CC(C)CCCC(N)c1ccc2c(c1)OCCO2. The van der Waals surface area contributed by atoms with Gasteiger partial charge in [-0.25, -0.2) is 0 Å². The molecule has 0 bridgehead atoms. The van der Waals surface area contributed by atoms with Crippen molar-refractivity contribution >= 4 is 0 Å². The number of hydrogen-bond acceptors (Lipinski definition) is 3. The molecular weight excluding hydrogens is 226 g/mol. The molecule has 3 nitrogen and oxygen atoms in total. The van der Waals surface area contributed by atoms with Crippen molar-refractivity contribution < 1.29 is 9.47 Å². The van der Waals surface area contributed by atoms with Gasteiger partial charge in [0.05, 0.1) is 0 Å². The molecule has 0 amide bonds. The molecule has 2 N–H and O–H groups in total. The fraction of sp³-hybridized carbons (Fsp3) is 0.600. The highest BCUT2D eigenvalue weighted by Gasteiger charge is 2.14. The third-order valence-corrected chi connectivity index (χ3v) is 3.29. The van der Waals surface area contributed by atoms with E-state index in [-0.39, 0.29) is 6.04 Å². The summed E-state index contributed by atoms with van der Waals surface area (Å²) >= 11 is 0. The number of fused-ring (bicyclic) bond motifs is 1. The molecule has 0 radical (unpaired) electrons. The summed E-state index contributed by atoms with van der Waals surface area (Å²) in [6, 6.07) is 6.13. The van der Waals surface area contributed by atoms with Crippen LogP contribution < -0.4 is 15.2 Å². The number of nitrogens with two attached hydrogens (primary N) is 1. The molecule has 3 heteroatoms. The maximum atomic E-state index is 6.22. The molecule has 0 saturated heterocycles. The van der Waals surface area contributed by atoms with Gasteiger partial charge in [-0.1, -0.05) is 32.8 Å². The van der Waals surface area contributed by atoms with Gasteiger partial charge in [-0.3, -0.25) is 0 Å². The molecular formula is C15H23NO2. The molecule has 1 aromatic rings. The van der Waals surface area contributed by atoms with Crippen molar-refractivity contribution in [3.63, 3.8) is 0 Å². The maximum absolute atomic E-state index is 6.22. The molecule has 100 valence electrons. The van der Waals surface area contributed by atoms with E-state index in [2.05, 4.69) is 13.8 Å². The summed E-state index contributed by atoms with van der Waals surface area (Å²) in [5.74, 6) is 2.41. The Balaban J connectivity index is 1.95. The zero-order chi connectivity index (χ0) is 13.0. The topological polar surface area (TPSA) is 44.5 Å². The van der Waals surface area contributed by atoms with Crippen molar-refractivity contribution in [2.24, 2.45) is 11.7 Å². The second kappa shape index (κ2) is 6.10. The van der Waals surface area contributed by atoms with E-state index in [4.69, 9.17) is 15.2 Å². The van der Waals surface area contributed by atoms with Crippen LogP contribution in [0.3, 0.4) is 0 Å². The normalized spacial score (nSPS) is 15.8. The van der Waals surface area contributed by atoms with Gasteiger partial charge in [-0.2, -0.15) is 0 Å². The van der Waals surface area contributed by atoms with Crippen LogP contribution in [0, 0.1) is 5.92 Å². The summed E-state index contributed by atoms with van der Waals surface area (Å²) in [6.07, 6.45) is 3.43. The summed E-state index contributed by atoms with van der Waals surface area (Å²) in [7, 11) is 0. The lowest BCUT2D eigenvalue weighted by Crippen LogP contribution is -2.16. The van der Waals surface area contributed by atoms with Crippen LogP contribution >= 0.6 is 0 Å². The molecule has 1 aromatic carbocycles. The highest BCUT2D eigenvalue weighted by atomic mass is 16.6. The van der Waals surface area contributed by atoms with E-state index in [1.54, 1.807) is 0 Å². The van der Waals surface area contributed by atoms with Gasteiger partial charge in [0.2, 0.25) is 0 Å². The number of ether oxygens (including phenoxy) is 2. The van der Waals surface area contributed by atoms with Gasteiger partial charge in [0.25, 0.3) is 0 Å². The Hall–Kier alpha value is -1.22. The predicted octanol–water partition coefficient (Wildman–Crippen LogP) is 3.28. The first kappa shape index (κ1) is 13.2. The van der Waals surface area contributed by atoms with Gasteiger partial charge in [-0.05, 0) is 30.0 Å². The van der Waals surface area contributed by atoms with Crippen LogP contribution in [0.5, 0.6) is 11.5 Å². The Kier molecular flexibility index (Phi) is 4.48. The molecule has 2 rings (SSSR count). The van der Waals surface area contributed by atoms with Gasteiger partial charge in [-0.15, -0.1) is 0 Å². The number of rotatable bonds is 5. The molecule has 0 saturated carbocycles. The summed E-state index contributed by atoms with van der Waals surface area (Å²) in [5, 5.41) is 0. The average molecular weight is 249 g/mol. The van der Waals surface area contributed by atoms with Crippen molar-refractivity contribution in [3.8, 4) is 11.5 Å². The van der Waals surface area contributed by atoms with Crippen molar-refractivity contribution in [2.75, 3.05) is 13.2 Å². The third kappa shape index (κ3) is 3.39. The van der Waals surface area contributed by atoms with Crippen molar-refractivity contribution in [1.82, 2.24) is 0 Å². The monoisotopic (exact) mass is 249 g/mol. The summed E-state index contributed by atoms with van der Waals surface area (Å²) in [4.78, 5) is 0. The fourth-order valence-corrected chi connectivity index (χ4v) is 2.20. The Morgan fingerprint density at radius 1 is 1.11 bits per heavy atom. The molecule has 1 atom stereocenters. The third-order valence-electron chi connectivity index (χ3n) is 3.29. The van der Waals surface area contributed by atoms with E-state index in [9.17, 15) is 0 Å². The fourth-order valence-electron chi connectivity index (χ4n) is 2.20. The molecule has 0 spiro atoms. The zero-order valence-corrected chi connectivity index (χ0v) is 11.3. The van der Waals surface area contributed by atoms with Crippen LogP contribution in [0.25, 0.3) is 0 Å². The van der Waals surface area contributed by atoms with Crippen LogP contribution in [0.2, 0.25) is 0 Å². The van der Waals surface area contributed by atoms with Crippen LogP contribution in [0.15, 0.2) is 18.2 Å². The molecule has 1 heterocycles. The smallest absolute Gasteiger partial charge is 0.161 e. The largest absolute Gasteiger partial charge is 0.486 e. The second-order valence-electron chi connectivity index (χ2n) is 5.33. The molecule has 1 aliphatic rings.